The van der Waals surface area contributed by atoms with Crippen LogP contribution in [0.4, 0.5) is 0 Å². The number of sulfone groups is 1. The van der Waals surface area contributed by atoms with Crippen molar-refractivity contribution in [3.8, 4) is 0 Å². The standard InChI is InChI=1S/C23H28N2O3S/c1-29(27,28)20-11-7-10-19(16-20)23(12-13-23)22(26)24-21(17-25-14-5-6-15-25)18-8-3-2-4-9-18/h2-4,7-11,16,21H,5-6,12-15,17H2,1H3,(H,24,26)/t21-/m1/s1. The van der Waals surface area contributed by atoms with E-state index in [0.717, 1.165) is 43.6 Å². The highest BCUT2D eigenvalue weighted by atomic mass is 32.2. The van der Waals surface area contributed by atoms with Crippen LogP contribution in [0.15, 0.2) is 59.5 Å². The highest BCUT2D eigenvalue weighted by Crippen LogP contribution is 2.49. The molecule has 6 heteroatoms. The summed E-state index contributed by atoms with van der Waals surface area (Å²) in [6.07, 6.45) is 5.11. The van der Waals surface area contributed by atoms with Crippen LogP contribution in [-0.2, 0) is 20.0 Å². The van der Waals surface area contributed by atoms with Crippen molar-refractivity contribution in [2.45, 2.75) is 42.0 Å². The Labute approximate surface area is 173 Å². The van der Waals surface area contributed by atoms with Crippen molar-refractivity contribution < 1.29 is 13.2 Å². The quantitative estimate of drug-likeness (QED) is 0.759. The third kappa shape index (κ3) is 4.38. The molecule has 1 saturated heterocycles. The van der Waals surface area contributed by atoms with Crippen LogP contribution in [0.25, 0.3) is 0 Å². The molecule has 2 aromatic carbocycles. The second kappa shape index (κ2) is 7.92. The first-order valence-corrected chi connectivity index (χ1v) is 12.2. The lowest BCUT2D eigenvalue weighted by molar-refractivity contribution is -0.124. The molecule has 2 aliphatic rings. The molecule has 1 atom stereocenters. The van der Waals surface area contributed by atoms with Crippen LogP contribution in [0.2, 0.25) is 0 Å². The molecule has 2 aromatic rings. The first-order valence-electron chi connectivity index (χ1n) is 10.3. The van der Waals surface area contributed by atoms with E-state index in [0.29, 0.717) is 0 Å². The van der Waals surface area contributed by atoms with Crippen molar-refractivity contribution in [1.82, 2.24) is 10.2 Å². The number of nitrogens with one attached hydrogen (secondary N) is 1. The van der Waals surface area contributed by atoms with Crippen molar-refractivity contribution in [2.24, 2.45) is 0 Å². The maximum atomic E-state index is 13.4. The van der Waals surface area contributed by atoms with Gasteiger partial charge in [-0.15, -0.1) is 0 Å². The molecule has 0 bridgehead atoms. The predicted molar refractivity (Wildman–Crippen MR) is 113 cm³/mol. The smallest absolute Gasteiger partial charge is 0.231 e. The maximum Gasteiger partial charge on any atom is 0.231 e. The Hall–Kier alpha value is -2.18. The fourth-order valence-electron chi connectivity index (χ4n) is 4.24. The van der Waals surface area contributed by atoms with E-state index in [1.165, 1.54) is 19.1 Å². The average molecular weight is 413 g/mol. The van der Waals surface area contributed by atoms with Crippen LogP contribution in [0.1, 0.15) is 42.9 Å². The summed E-state index contributed by atoms with van der Waals surface area (Å²) in [7, 11) is -3.30. The molecule has 0 radical (unpaired) electrons. The largest absolute Gasteiger partial charge is 0.347 e. The zero-order chi connectivity index (χ0) is 20.5. The molecule has 1 aliphatic carbocycles. The molecule has 1 N–H and O–H groups in total. The Balaban J connectivity index is 1.57. The van der Waals surface area contributed by atoms with Crippen LogP contribution in [0.3, 0.4) is 0 Å². The summed E-state index contributed by atoms with van der Waals surface area (Å²) in [6.45, 7) is 2.94. The van der Waals surface area contributed by atoms with Crippen LogP contribution in [0.5, 0.6) is 0 Å². The minimum Gasteiger partial charge on any atom is -0.347 e. The second-order valence-corrected chi connectivity index (χ2v) is 10.3. The van der Waals surface area contributed by atoms with Crippen molar-refractivity contribution in [2.75, 3.05) is 25.9 Å². The van der Waals surface area contributed by atoms with Gasteiger partial charge in [-0.25, -0.2) is 8.42 Å². The fraction of sp³-hybridized carbons (Fsp3) is 0.435. The number of carbonyl (C=O) groups excluding carboxylic acids is 1. The minimum atomic E-state index is -3.30. The van der Waals surface area contributed by atoms with Crippen LogP contribution >= 0.6 is 0 Å². The first-order chi connectivity index (χ1) is 13.9. The topological polar surface area (TPSA) is 66.5 Å². The van der Waals surface area contributed by atoms with Gasteiger partial charge in [-0.1, -0.05) is 42.5 Å². The Morgan fingerprint density at radius 3 is 2.38 bits per heavy atom. The molecule has 0 unspecified atom stereocenters. The van der Waals surface area contributed by atoms with Gasteiger partial charge >= 0.3 is 0 Å². The SMILES string of the molecule is CS(=O)(=O)c1cccc(C2(C(=O)N[C@H](CN3CCCC3)c3ccccc3)CC2)c1. The summed E-state index contributed by atoms with van der Waals surface area (Å²) in [4.78, 5) is 16.0. The van der Waals surface area contributed by atoms with E-state index in [-0.39, 0.29) is 16.8 Å². The van der Waals surface area contributed by atoms with E-state index in [2.05, 4.69) is 22.3 Å². The minimum absolute atomic E-state index is 0.00352. The first kappa shape index (κ1) is 20.1. The molecule has 5 nitrogen and oxygen atoms in total. The highest BCUT2D eigenvalue weighted by molar-refractivity contribution is 7.90. The van der Waals surface area contributed by atoms with Gasteiger partial charge < -0.3 is 10.2 Å². The summed E-state index contributed by atoms with van der Waals surface area (Å²) in [6, 6.07) is 16.9. The third-order valence-electron chi connectivity index (χ3n) is 6.15. The Bertz CT molecular complexity index is 978. The van der Waals surface area contributed by atoms with Crippen molar-refractivity contribution in [1.29, 1.82) is 0 Å². The van der Waals surface area contributed by atoms with Crippen molar-refractivity contribution >= 4 is 15.7 Å². The molecule has 154 valence electrons. The van der Waals surface area contributed by atoms with Gasteiger partial charge in [0.2, 0.25) is 5.91 Å². The van der Waals surface area contributed by atoms with Crippen molar-refractivity contribution in [3.63, 3.8) is 0 Å². The zero-order valence-corrected chi connectivity index (χ0v) is 17.6. The van der Waals surface area contributed by atoms with E-state index in [4.69, 9.17) is 0 Å². The number of nitrogens with zero attached hydrogens (tertiary/aromatic N) is 1. The monoisotopic (exact) mass is 412 g/mol. The molecule has 4 rings (SSSR count). The van der Waals surface area contributed by atoms with Crippen LogP contribution < -0.4 is 5.32 Å². The number of rotatable bonds is 7. The van der Waals surface area contributed by atoms with Crippen LogP contribution in [0, 0.1) is 0 Å². The van der Waals surface area contributed by atoms with E-state index in [1.807, 2.05) is 24.3 Å². The second-order valence-electron chi connectivity index (χ2n) is 8.33. The van der Waals surface area contributed by atoms with Crippen molar-refractivity contribution in [3.05, 3.63) is 65.7 Å². The molecule has 2 fully saturated rings. The van der Waals surface area contributed by atoms with Gasteiger partial charge in [0.1, 0.15) is 0 Å². The number of carbonyl (C=O) groups is 1. The van der Waals surface area contributed by atoms with E-state index in [1.54, 1.807) is 18.2 Å². The molecule has 0 aromatic heterocycles. The van der Waals surface area contributed by atoms with Gasteiger partial charge in [-0.05, 0) is 62.0 Å². The molecule has 1 saturated carbocycles. The van der Waals surface area contributed by atoms with Gasteiger partial charge in [-0.2, -0.15) is 0 Å². The summed E-state index contributed by atoms with van der Waals surface area (Å²) in [5.41, 5.74) is 1.29. The zero-order valence-electron chi connectivity index (χ0n) is 16.8. The predicted octanol–water partition coefficient (Wildman–Crippen LogP) is 3.08. The van der Waals surface area contributed by atoms with Gasteiger partial charge in [0, 0.05) is 12.8 Å². The Morgan fingerprint density at radius 2 is 1.76 bits per heavy atom. The highest BCUT2D eigenvalue weighted by Gasteiger charge is 2.52. The molecular weight excluding hydrogens is 384 g/mol. The Kier molecular flexibility index (Phi) is 5.49. The molecule has 1 heterocycles. The van der Waals surface area contributed by atoms with Gasteiger partial charge in [0.05, 0.1) is 16.4 Å². The normalized spacial score (nSPS) is 19.6. The maximum absolute atomic E-state index is 13.4. The number of amides is 1. The summed E-state index contributed by atoms with van der Waals surface area (Å²) in [5, 5.41) is 3.29. The summed E-state index contributed by atoms with van der Waals surface area (Å²) >= 11 is 0. The number of hydrogen-bond acceptors (Lipinski definition) is 4. The van der Waals surface area contributed by atoms with Gasteiger partial charge in [0.25, 0.3) is 0 Å². The van der Waals surface area contributed by atoms with Gasteiger partial charge in [0.15, 0.2) is 9.84 Å². The van der Waals surface area contributed by atoms with Crippen LogP contribution in [-0.4, -0.2) is 45.1 Å². The molecule has 1 amide bonds. The molecule has 0 spiro atoms. The average Bonchev–Trinajstić information content (AvgIpc) is 3.38. The molecular formula is C23H28N2O3S. The number of benzene rings is 2. The van der Waals surface area contributed by atoms with Gasteiger partial charge in [-0.3, -0.25) is 4.79 Å². The molecule has 1 aliphatic heterocycles. The fourth-order valence-corrected chi connectivity index (χ4v) is 4.90. The summed E-state index contributed by atoms with van der Waals surface area (Å²) in [5.74, 6) is -0.00352. The van der Waals surface area contributed by atoms with E-state index in [9.17, 15) is 13.2 Å². The summed E-state index contributed by atoms with van der Waals surface area (Å²) < 4.78 is 23.9. The lowest BCUT2D eigenvalue weighted by atomic mass is 9.94. The lowest BCUT2D eigenvalue weighted by Gasteiger charge is -2.27. The third-order valence-corrected chi connectivity index (χ3v) is 7.26. The van der Waals surface area contributed by atoms with E-state index >= 15 is 0 Å². The number of likely N-dealkylation sites (tertiary alicyclic amines) is 1. The Morgan fingerprint density at radius 1 is 1.07 bits per heavy atom. The van der Waals surface area contributed by atoms with E-state index < -0.39 is 15.3 Å². The lowest BCUT2D eigenvalue weighted by Crippen LogP contribution is -2.41. The molecule has 29 heavy (non-hydrogen) atoms. The number of hydrogen-bond donors (Lipinski definition) is 1.